The molecule has 2 saturated heterocycles. The lowest BCUT2D eigenvalue weighted by Gasteiger charge is -2.36. The number of ether oxygens (including phenoxy) is 1. The van der Waals surface area contributed by atoms with Gasteiger partial charge in [0.2, 0.25) is 5.95 Å². The van der Waals surface area contributed by atoms with Crippen LogP contribution in [-0.4, -0.2) is 81.7 Å². The first-order valence-electron chi connectivity index (χ1n) is 13.6. The van der Waals surface area contributed by atoms with Crippen LogP contribution < -0.4 is 14.5 Å². The van der Waals surface area contributed by atoms with Crippen LogP contribution in [0.25, 0.3) is 10.9 Å². The zero-order valence-corrected chi connectivity index (χ0v) is 23.5. The van der Waals surface area contributed by atoms with Crippen molar-refractivity contribution in [3.8, 4) is 5.75 Å². The smallest absolute Gasteiger partial charge is 0.227 e. The molecule has 0 amide bonds. The third-order valence-corrected chi connectivity index (χ3v) is 9.61. The van der Waals surface area contributed by atoms with Gasteiger partial charge in [-0.25, -0.2) is 13.4 Å². The SMILES string of the molecule is CCS(=O)(=O)CCN(C)c1nc(N2CCC3CC(CN(Cc4ccccc4)C3)C2)nc2ccc(OC)cc12. The van der Waals surface area contributed by atoms with E-state index in [-0.39, 0.29) is 11.5 Å². The zero-order chi connectivity index (χ0) is 26.7. The Morgan fingerprint density at radius 3 is 2.61 bits per heavy atom. The molecule has 3 aromatic rings. The first-order valence-corrected chi connectivity index (χ1v) is 15.4. The Labute approximate surface area is 226 Å². The summed E-state index contributed by atoms with van der Waals surface area (Å²) in [6.07, 6.45) is 2.36. The lowest BCUT2D eigenvalue weighted by molar-refractivity contribution is 0.127. The molecule has 0 aliphatic carbocycles. The van der Waals surface area contributed by atoms with Crippen LogP contribution in [0, 0.1) is 11.8 Å². The maximum atomic E-state index is 12.2. The number of sulfone groups is 1. The van der Waals surface area contributed by atoms with Gasteiger partial charge in [-0.2, -0.15) is 4.98 Å². The predicted octanol–water partition coefficient (Wildman–Crippen LogP) is 3.86. The van der Waals surface area contributed by atoms with Crippen molar-refractivity contribution in [1.29, 1.82) is 0 Å². The summed E-state index contributed by atoms with van der Waals surface area (Å²) in [7, 11) is 0.466. The molecule has 2 bridgehead atoms. The fourth-order valence-corrected chi connectivity index (χ4v) is 6.67. The standard InChI is InChI=1S/C29H39N5O3S/c1-4-38(35,36)15-14-32(2)28-26-17-25(37-3)10-11-27(26)30-29(31-28)34-13-12-23-16-24(21-34)20-33(19-23)18-22-8-6-5-7-9-22/h5-11,17,23-24H,4,12-16,18-21H2,1-3H3. The topological polar surface area (TPSA) is 78.9 Å². The van der Waals surface area contributed by atoms with Crippen LogP contribution in [0.4, 0.5) is 11.8 Å². The molecule has 2 fully saturated rings. The fraction of sp³-hybridized carbons (Fsp3) is 0.517. The van der Waals surface area contributed by atoms with Crippen LogP contribution in [-0.2, 0) is 16.4 Å². The number of piperidine rings is 1. The van der Waals surface area contributed by atoms with E-state index in [4.69, 9.17) is 14.7 Å². The number of rotatable bonds is 9. The molecule has 38 heavy (non-hydrogen) atoms. The number of benzene rings is 2. The average molecular weight is 538 g/mol. The number of nitrogens with zero attached hydrogens (tertiary/aromatic N) is 5. The number of hydrogen-bond acceptors (Lipinski definition) is 8. The Bertz CT molecular complexity index is 1350. The molecule has 0 spiro atoms. The summed E-state index contributed by atoms with van der Waals surface area (Å²) in [6, 6.07) is 16.6. The van der Waals surface area contributed by atoms with Gasteiger partial charge >= 0.3 is 0 Å². The van der Waals surface area contributed by atoms with Gasteiger partial charge in [-0.05, 0) is 48.4 Å². The van der Waals surface area contributed by atoms with Crippen LogP contribution in [0.5, 0.6) is 5.75 Å². The monoisotopic (exact) mass is 537 g/mol. The molecule has 8 nitrogen and oxygen atoms in total. The molecule has 2 aliphatic heterocycles. The second-order valence-electron chi connectivity index (χ2n) is 10.8. The summed E-state index contributed by atoms with van der Waals surface area (Å²) < 4.78 is 29.9. The van der Waals surface area contributed by atoms with Gasteiger partial charge in [-0.15, -0.1) is 0 Å². The van der Waals surface area contributed by atoms with E-state index < -0.39 is 9.84 Å². The minimum Gasteiger partial charge on any atom is -0.497 e. The molecule has 9 heteroatoms. The molecule has 1 aromatic heterocycles. The van der Waals surface area contributed by atoms with Crippen LogP contribution >= 0.6 is 0 Å². The van der Waals surface area contributed by atoms with Gasteiger partial charge in [0.05, 0.1) is 18.4 Å². The maximum Gasteiger partial charge on any atom is 0.227 e. The van der Waals surface area contributed by atoms with E-state index >= 15 is 0 Å². The number of likely N-dealkylation sites (tertiary alicyclic amines) is 1. The normalized spacial score (nSPS) is 20.3. The summed E-state index contributed by atoms with van der Waals surface area (Å²) in [6.45, 7) is 7.13. The van der Waals surface area contributed by atoms with Crippen molar-refractivity contribution < 1.29 is 13.2 Å². The van der Waals surface area contributed by atoms with Crippen LogP contribution in [0.15, 0.2) is 48.5 Å². The molecule has 5 rings (SSSR count). The average Bonchev–Trinajstić information content (AvgIpc) is 3.08. The molecule has 2 unspecified atom stereocenters. The van der Waals surface area contributed by atoms with Gasteiger partial charge in [0.25, 0.3) is 0 Å². The minimum atomic E-state index is -3.09. The minimum absolute atomic E-state index is 0.0928. The number of aromatic nitrogens is 2. The van der Waals surface area contributed by atoms with Gasteiger partial charge in [0.1, 0.15) is 11.6 Å². The van der Waals surface area contributed by atoms with E-state index in [1.54, 1.807) is 14.0 Å². The van der Waals surface area contributed by atoms with E-state index in [1.165, 1.54) is 12.0 Å². The highest BCUT2D eigenvalue weighted by Crippen LogP contribution is 2.33. The molecular formula is C29H39N5O3S. The lowest BCUT2D eigenvalue weighted by Crippen LogP contribution is -2.41. The van der Waals surface area contributed by atoms with Gasteiger partial charge in [0, 0.05) is 57.5 Å². The van der Waals surface area contributed by atoms with E-state index in [0.717, 1.165) is 67.6 Å². The molecule has 204 valence electrons. The number of hydrogen-bond donors (Lipinski definition) is 0. The molecule has 3 heterocycles. The first kappa shape index (κ1) is 26.7. The second kappa shape index (κ2) is 11.5. The summed E-state index contributed by atoms with van der Waals surface area (Å²) in [4.78, 5) is 16.9. The Kier molecular flexibility index (Phi) is 8.04. The molecule has 0 radical (unpaired) electrons. The Morgan fingerprint density at radius 2 is 1.84 bits per heavy atom. The van der Waals surface area contributed by atoms with Crippen LogP contribution in [0.2, 0.25) is 0 Å². The summed E-state index contributed by atoms with van der Waals surface area (Å²) in [5.74, 6) is 3.67. The highest BCUT2D eigenvalue weighted by Gasteiger charge is 2.33. The van der Waals surface area contributed by atoms with Crippen molar-refractivity contribution >= 4 is 32.5 Å². The maximum absolute atomic E-state index is 12.2. The fourth-order valence-electron chi connectivity index (χ4n) is 5.83. The summed E-state index contributed by atoms with van der Waals surface area (Å²) >= 11 is 0. The van der Waals surface area contributed by atoms with Gasteiger partial charge in [-0.1, -0.05) is 37.3 Å². The van der Waals surface area contributed by atoms with E-state index in [9.17, 15) is 8.42 Å². The number of fused-ring (bicyclic) bond motifs is 3. The lowest BCUT2D eigenvalue weighted by atomic mass is 9.88. The largest absolute Gasteiger partial charge is 0.497 e. The summed E-state index contributed by atoms with van der Waals surface area (Å²) in [5, 5.41) is 0.868. The van der Waals surface area contributed by atoms with Crippen molar-refractivity contribution in [2.24, 2.45) is 11.8 Å². The number of methoxy groups -OCH3 is 1. The highest BCUT2D eigenvalue weighted by molar-refractivity contribution is 7.91. The van der Waals surface area contributed by atoms with E-state index in [0.29, 0.717) is 18.4 Å². The van der Waals surface area contributed by atoms with Crippen LogP contribution in [0.1, 0.15) is 25.3 Å². The molecule has 0 saturated carbocycles. The Balaban J connectivity index is 1.40. The van der Waals surface area contributed by atoms with Crippen molar-refractivity contribution in [2.45, 2.75) is 26.3 Å². The Hall–Kier alpha value is -2.91. The first-order chi connectivity index (χ1) is 18.3. The van der Waals surface area contributed by atoms with Gasteiger partial charge in [0.15, 0.2) is 9.84 Å². The summed E-state index contributed by atoms with van der Waals surface area (Å²) in [5.41, 5.74) is 2.21. The van der Waals surface area contributed by atoms with Crippen molar-refractivity contribution in [2.75, 3.05) is 68.2 Å². The molecule has 2 aromatic carbocycles. The molecular weight excluding hydrogens is 498 g/mol. The quantitative estimate of drug-likeness (QED) is 0.407. The van der Waals surface area contributed by atoms with Gasteiger partial charge < -0.3 is 14.5 Å². The van der Waals surface area contributed by atoms with Crippen molar-refractivity contribution in [3.05, 3.63) is 54.1 Å². The van der Waals surface area contributed by atoms with Gasteiger partial charge in [-0.3, -0.25) is 4.90 Å². The third-order valence-electron chi connectivity index (χ3n) is 7.93. The second-order valence-corrected chi connectivity index (χ2v) is 13.2. The van der Waals surface area contributed by atoms with Crippen molar-refractivity contribution in [1.82, 2.24) is 14.9 Å². The zero-order valence-electron chi connectivity index (χ0n) is 22.7. The number of anilines is 2. The van der Waals surface area contributed by atoms with E-state index in [2.05, 4.69) is 40.1 Å². The molecule has 2 aliphatic rings. The van der Waals surface area contributed by atoms with Crippen LogP contribution in [0.3, 0.4) is 0 Å². The molecule has 2 atom stereocenters. The third kappa shape index (κ3) is 6.21. The predicted molar refractivity (Wildman–Crippen MR) is 154 cm³/mol. The molecule has 0 N–H and O–H groups in total. The van der Waals surface area contributed by atoms with Crippen molar-refractivity contribution in [3.63, 3.8) is 0 Å². The van der Waals surface area contributed by atoms with E-state index in [1.807, 2.05) is 30.1 Å². The highest BCUT2D eigenvalue weighted by atomic mass is 32.2. The Morgan fingerprint density at radius 1 is 1.05 bits per heavy atom.